The van der Waals surface area contributed by atoms with E-state index in [1.807, 2.05) is 6.92 Å². The summed E-state index contributed by atoms with van der Waals surface area (Å²) in [5.41, 5.74) is 0.935. The van der Waals surface area contributed by atoms with E-state index in [0.29, 0.717) is 6.61 Å². The molecule has 1 aliphatic rings. The van der Waals surface area contributed by atoms with Gasteiger partial charge in [0.1, 0.15) is 11.6 Å². The Bertz CT molecular complexity index is 413. The summed E-state index contributed by atoms with van der Waals surface area (Å²) < 4.78 is 18.8. The minimum absolute atomic E-state index is 0.0867. The summed E-state index contributed by atoms with van der Waals surface area (Å²) in [7, 11) is 0. The van der Waals surface area contributed by atoms with Crippen molar-refractivity contribution in [2.45, 2.75) is 39.7 Å². The average Bonchev–Trinajstić information content (AvgIpc) is 3.09. The maximum Gasteiger partial charge on any atom is 0.123 e. The summed E-state index contributed by atoms with van der Waals surface area (Å²) in [6.45, 7) is 7.83. The van der Waals surface area contributed by atoms with Crippen LogP contribution in [0.15, 0.2) is 18.2 Å². The third-order valence-corrected chi connectivity index (χ3v) is 3.20. The minimum atomic E-state index is -0.213. The Kier molecular flexibility index (Phi) is 3.91. The summed E-state index contributed by atoms with van der Waals surface area (Å²) >= 11 is 0. The summed E-state index contributed by atoms with van der Waals surface area (Å²) in [6.07, 6.45) is 2.60. The van der Waals surface area contributed by atoms with Gasteiger partial charge < -0.3 is 10.1 Å². The second-order valence-electron chi connectivity index (χ2n) is 6.02. The molecule has 0 atom stereocenters. The Balaban J connectivity index is 1.84. The van der Waals surface area contributed by atoms with Crippen molar-refractivity contribution in [2.75, 3.05) is 13.2 Å². The topological polar surface area (TPSA) is 21.3 Å². The highest BCUT2D eigenvalue weighted by atomic mass is 19.1. The van der Waals surface area contributed by atoms with Crippen LogP contribution in [0.2, 0.25) is 0 Å². The van der Waals surface area contributed by atoms with Gasteiger partial charge in [-0.2, -0.15) is 0 Å². The molecule has 2 nitrogen and oxygen atoms in total. The molecule has 100 valence electrons. The molecule has 0 amide bonds. The van der Waals surface area contributed by atoms with E-state index >= 15 is 0 Å². The van der Waals surface area contributed by atoms with E-state index in [1.54, 1.807) is 6.07 Å². The SMILES string of the molecule is Cc1cc(F)ccc1OCC(C)(C)CNC1CC1. The maximum absolute atomic E-state index is 13.0. The van der Waals surface area contributed by atoms with Gasteiger partial charge in [0, 0.05) is 18.0 Å². The van der Waals surface area contributed by atoms with E-state index in [4.69, 9.17) is 4.74 Å². The number of rotatable bonds is 6. The molecular weight excluding hydrogens is 229 g/mol. The summed E-state index contributed by atoms with van der Waals surface area (Å²) in [5.74, 6) is 0.561. The van der Waals surface area contributed by atoms with E-state index < -0.39 is 0 Å². The molecule has 1 aliphatic carbocycles. The molecule has 1 aromatic rings. The van der Waals surface area contributed by atoms with Gasteiger partial charge in [-0.25, -0.2) is 4.39 Å². The Labute approximate surface area is 109 Å². The zero-order chi connectivity index (χ0) is 13.2. The smallest absolute Gasteiger partial charge is 0.123 e. The minimum Gasteiger partial charge on any atom is -0.493 e. The van der Waals surface area contributed by atoms with E-state index in [-0.39, 0.29) is 11.2 Å². The molecule has 0 aromatic heterocycles. The first-order valence-electron chi connectivity index (χ1n) is 6.59. The molecule has 1 aromatic carbocycles. The normalized spacial score (nSPS) is 15.8. The molecule has 0 radical (unpaired) electrons. The third-order valence-electron chi connectivity index (χ3n) is 3.20. The van der Waals surface area contributed by atoms with Gasteiger partial charge in [-0.15, -0.1) is 0 Å². The third kappa shape index (κ3) is 3.98. The van der Waals surface area contributed by atoms with Crippen molar-refractivity contribution in [2.24, 2.45) is 5.41 Å². The summed E-state index contributed by atoms with van der Waals surface area (Å²) in [4.78, 5) is 0. The lowest BCUT2D eigenvalue weighted by atomic mass is 9.95. The van der Waals surface area contributed by atoms with Crippen molar-refractivity contribution in [1.29, 1.82) is 0 Å². The lowest BCUT2D eigenvalue weighted by Gasteiger charge is -2.25. The van der Waals surface area contributed by atoms with Crippen LogP contribution in [0.1, 0.15) is 32.3 Å². The lowest BCUT2D eigenvalue weighted by molar-refractivity contribution is 0.175. The molecule has 0 aliphatic heterocycles. The van der Waals surface area contributed by atoms with Crippen LogP contribution in [0, 0.1) is 18.2 Å². The van der Waals surface area contributed by atoms with Gasteiger partial charge in [0.2, 0.25) is 0 Å². The maximum atomic E-state index is 13.0. The van der Waals surface area contributed by atoms with Gasteiger partial charge in [-0.3, -0.25) is 0 Å². The average molecular weight is 251 g/mol. The van der Waals surface area contributed by atoms with E-state index in [2.05, 4.69) is 19.2 Å². The molecule has 1 fully saturated rings. The number of halogens is 1. The number of nitrogens with one attached hydrogen (secondary N) is 1. The molecule has 2 rings (SSSR count). The van der Waals surface area contributed by atoms with Crippen LogP contribution in [0.5, 0.6) is 5.75 Å². The largest absolute Gasteiger partial charge is 0.493 e. The van der Waals surface area contributed by atoms with Crippen LogP contribution in [-0.4, -0.2) is 19.2 Å². The first kappa shape index (κ1) is 13.3. The Morgan fingerprint density at radius 2 is 2.11 bits per heavy atom. The van der Waals surface area contributed by atoms with Crippen LogP contribution in [0.4, 0.5) is 4.39 Å². The monoisotopic (exact) mass is 251 g/mol. The van der Waals surface area contributed by atoms with Crippen LogP contribution >= 0.6 is 0 Å². The fraction of sp³-hybridized carbons (Fsp3) is 0.600. The molecule has 0 heterocycles. The molecule has 0 saturated heterocycles. The second-order valence-corrected chi connectivity index (χ2v) is 6.02. The number of benzene rings is 1. The second kappa shape index (κ2) is 5.27. The first-order valence-corrected chi connectivity index (χ1v) is 6.59. The zero-order valence-corrected chi connectivity index (χ0v) is 11.4. The van der Waals surface area contributed by atoms with Gasteiger partial charge in [0.05, 0.1) is 6.61 Å². The van der Waals surface area contributed by atoms with Crippen molar-refractivity contribution in [1.82, 2.24) is 5.32 Å². The number of aryl methyl sites for hydroxylation is 1. The van der Waals surface area contributed by atoms with Crippen LogP contribution in [0.3, 0.4) is 0 Å². The quantitative estimate of drug-likeness (QED) is 0.837. The van der Waals surface area contributed by atoms with Crippen molar-refractivity contribution < 1.29 is 9.13 Å². The fourth-order valence-corrected chi connectivity index (χ4v) is 1.81. The van der Waals surface area contributed by atoms with Crippen molar-refractivity contribution in [3.63, 3.8) is 0 Å². The molecule has 0 bridgehead atoms. The predicted molar refractivity (Wildman–Crippen MR) is 71.4 cm³/mol. The molecule has 18 heavy (non-hydrogen) atoms. The molecular formula is C15H22FNO. The van der Waals surface area contributed by atoms with Crippen molar-refractivity contribution >= 4 is 0 Å². The fourth-order valence-electron chi connectivity index (χ4n) is 1.81. The predicted octanol–water partition coefficient (Wildman–Crippen LogP) is 3.29. The van der Waals surface area contributed by atoms with Gasteiger partial charge in [0.15, 0.2) is 0 Å². The Morgan fingerprint density at radius 1 is 1.39 bits per heavy atom. The van der Waals surface area contributed by atoms with Gasteiger partial charge in [-0.1, -0.05) is 13.8 Å². The Morgan fingerprint density at radius 3 is 2.72 bits per heavy atom. The van der Waals surface area contributed by atoms with E-state index in [9.17, 15) is 4.39 Å². The zero-order valence-electron chi connectivity index (χ0n) is 11.4. The molecule has 1 N–H and O–H groups in total. The van der Waals surface area contributed by atoms with E-state index in [1.165, 1.54) is 25.0 Å². The van der Waals surface area contributed by atoms with Gasteiger partial charge >= 0.3 is 0 Å². The molecule has 0 unspecified atom stereocenters. The first-order chi connectivity index (χ1) is 8.46. The lowest BCUT2D eigenvalue weighted by Crippen LogP contribution is -2.35. The van der Waals surface area contributed by atoms with Crippen LogP contribution < -0.4 is 10.1 Å². The van der Waals surface area contributed by atoms with Crippen LogP contribution in [-0.2, 0) is 0 Å². The molecule has 1 saturated carbocycles. The Hall–Kier alpha value is -1.09. The standard InChI is InChI=1S/C15H22FNO/c1-11-8-12(16)4-7-14(11)18-10-15(2,3)9-17-13-5-6-13/h4,7-8,13,17H,5-6,9-10H2,1-3H3. The summed E-state index contributed by atoms with van der Waals surface area (Å²) in [6, 6.07) is 5.37. The van der Waals surface area contributed by atoms with Crippen LogP contribution in [0.25, 0.3) is 0 Å². The number of hydrogen-bond acceptors (Lipinski definition) is 2. The summed E-state index contributed by atoms with van der Waals surface area (Å²) in [5, 5.41) is 3.52. The van der Waals surface area contributed by atoms with Crippen molar-refractivity contribution in [3.05, 3.63) is 29.6 Å². The van der Waals surface area contributed by atoms with E-state index in [0.717, 1.165) is 23.9 Å². The van der Waals surface area contributed by atoms with Gasteiger partial charge in [-0.05, 0) is 43.5 Å². The highest BCUT2D eigenvalue weighted by Gasteiger charge is 2.25. The number of ether oxygens (including phenoxy) is 1. The van der Waals surface area contributed by atoms with Gasteiger partial charge in [0.25, 0.3) is 0 Å². The van der Waals surface area contributed by atoms with Crippen molar-refractivity contribution in [3.8, 4) is 5.75 Å². The highest BCUT2D eigenvalue weighted by Crippen LogP contribution is 2.24. The molecule has 3 heteroatoms. The molecule has 0 spiro atoms. The highest BCUT2D eigenvalue weighted by molar-refractivity contribution is 5.32. The number of hydrogen-bond donors (Lipinski definition) is 1.